The standard InChI is InChI=1S/C22H34N4O/c1-23-22(24-14-4-8-18-6-2-3-7-18)25-16-19-10-12-20(13-11-19)17-26-15-5-9-21(26)27/h10-13,18H,2-9,14-17H2,1H3,(H2,23,24,25). The monoisotopic (exact) mass is 370 g/mol. The van der Waals surface area contributed by atoms with Crippen molar-refractivity contribution in [3.05, 3.63) is 35.4 Å². The minimum absolute atomic E-state index is 0.281. The van der Waals surface area contributed by atoms with E-state index in [-0.39, 0.29) is 5.91 Å². The van der Waals surface area contributed by atoms with E-state index >= 15 is 0 Å². The summed E-state index contributed by atoms with van der Waals surface area (Å²) in [6.45, 7) is 3.37. The third kappa shape index (κ3) is 6.26. The summed E-state index contributed by atoms with van der Waals surface area (Å²) in [5, 5.41) is 6.81. The van der Waals surface area contributed by atoms with Gasteiger partial charge in [0.05, 0.1) is 0 Å². The Kier molecular flexibility index (Phi) is 7.55. The van der Waals surface area contributed by atoms with Gasteiger partial charge in [0.1, 0.15) is 0 Å². The Hall–Kier alpha value is -2.04. The summed E-state index contributed by atoms with van der Waals surface area (Å²) in [6.07, 6.45) is 9.95. The maximum atomic E-state index is 11.7. The van der Waals surface area contributed by atoms with Gasteiger partial charge in [0, 0.05) is 39.6 Å². The first-order chi connectivity index (χ1) is 13.2. The molecule has 5 heteroatoms. The summed E-state index contributed by atoms with van der Waals surface area (Å²) < 4.78 is 0. The number of amides is 1. The van der Waals surface area contributed by atoms with Gasteiger partial charge in [0.25, 0.3) is 0 Å². The molecule has 27 heavy (non-hydrogen) atoms. The number of likely N-dealkylation sites (tertiary alicyclic amines) is 1. The van der Waals surface area contributed by atoms with Gasteiger partial charge in [-0.25, -0.2) is 0 Å². The third-order valence-electron chi connectivity index (χ3n) is 5.81. The molecular weight excluding hydrogens is 336 g/mol. The van der Waals surface area contributed by atoms with E-state index in [2.05, 4.69) is 39.9 Å². The van der Waals surface area contributed by atoms with Crippen LogP contribution in [0.5, 0.6) is 0 Å². The molecule has 0 aromatic heterocycles. The number of hydrogen-bond acceptors (Lipinski definition) is 2. The number of rotatable bonds is 8. The highest BCUT2D eigenvalue weighted by atomic mass is 16.2. The lowest BCUT2D eigenvalue weighted by molar-refractivity contribution is -0.128. The SMILES string of the molecule is CN=C(NCCCC1CCCC1)NCc1ccc(CN2CCCC2=O)cc1. The van der Waals surface area contributed by atoms with Crippen molar-refractivity contribution in [1.29, 1.82) is 0 Å². The number of benzene rings is 1. The highest BCUT2D eigenvalue weighted by molar-refractivity contribution is 5.79. The summed E-state index contributed by atoms with van der Waals surface area (Å²) in [5.41, 5.74) is 2.42. The summed E-state index contributed by atoms with van der Waals surface area (Å²) in [7, 11) is 1.82. The predicted molar refractivity (Wildman–Crippen MR) is 110 cm³/mol. The lowest BCUT2D eigenvalue weighted by Gasteiger charge is -2.16. The number of hydrogen-bond donors (Lipinski definition) is 2. The lowest BCUT2D eigenvalue weighted by atomic mass is 10.0. The summed E-state index contributed by atoms with van der Waals surface area (Å²) in [5.74, 6) is 2.10. The zero-order valence-electron chi connectivity index (χ0n) is 16.7. The quantitative estimate of drug-likeness (QED) is 0.419. The molecule has 1 amide bonds. The van der Waals surface area contributed by atoms with Crippen LogP contribution < -0.4 is 10.6 Å². The first kappa shape index (κ1) is 19.7. The fourth-order valence-corrected chi connectivity index (χ4v) is 4.16. The van der Waals surface area contributed by atoms with Crippen LogP contribution in [-0.4, -0.2) is 36.9 Å². The van der Waals surface area contributed by atoms with Crippen molar-refractivity contribution in [2.75, 3.05) is 20.1 Å². The van der Waals surface area contributed by atoms with E-state index in [0.717, 1.165) is 44.5 Å². The van der Waals surface area contributed by atoms with Crippen LogP contribution in [0.25, 0.3) is 0 Å². The van der Waals surface area contributed by atoms with Crippen LogP contribution >= 0.6 is 0 Å². The molecule has 3 rings (SSSR count). The minimum Gasteiger partial charge on any atom is -0.356 e. The minimum atomic E-state index is 0.281. The Balaban J connectivity index is 1.35. The molecule has 0 unspecified atom stereocenters. The average molecular weight is 371 g/mol. The molecule has 1 heterocycles. The number of carbonyl (C=O) groups is 1. The summed E-state index contributed by atoms with van der Waals surface area (Å²) >= 11 is 0. The van der Waals surface area contributed by atoms with Crippen molar-refractivity contribution >= 4 is 11.9 Å². The van der Waals surface area contributed by atoms with E-state index < -0.39 is 0 Å². The van der Waals surface area contributed by atoms with Gasteiger partial charge in [0.15, 0.2) is 5.96 Å². The van der Waals surface area contributed by atoms with E-state index in [4.69, 9.17) is 0 Å². The van der Waals surface area contributed by atoms with Gasteiger partial charge in [-0.15, -0.1) is 0 Å². The smallest absolute Gasteiger partial charge is 0.222 e. The average Bonchev–Trinajstić information content (AvgIpc) is 3.35. The summed E-state index contributed by atoms with van der Waals surface area (Å²) in [6, 6.07) is 8.52. The first-order valence-corrected chi connectivity index (χ1v) is 10.5. The zero-order valence-corrected chi connectivity index (χ0v) is 16.7. The maximum absolute atomic E-state index is 11.7. The number of nitrogens with one attached hydrogen (secondary N) is 2. The molecule has 2 N–H and O–H groups in total. The van der Waals surface area contributed by atoms with Gasteiger partial charge in [-0.05, 0) is 36.3 Å². The molecule has 5 nitrogen and oxygen atoms in total. The Morgan fingerprint density at radius 1 is 1.11 bits per heavy atom. The Morgan fingerprint density at radius 3 is 2.52 bits per heavy atom. The van der Waals surface area contributed by atoms with Gasteiger partial charge in [-0.1, -0.05) is 49.9 Å². The van der Waals surface area contributed by atoms with Crippen LogP contribution in [-0.2, 0) is 17.9 Å². The van der Waals surface area contributed by atoms with Crippen molar-refractivity contribution in [3.8, 4) is 0 Å². The second-order valence-corrected chi connectivity index (χ2v) is 7.88. The van der Waals surface area contributed by atoms with Gasteiger partial charge in [-0.3, -0.25) is 9.79 Å². The normalized spacial score (nSPS) is 18.3. The molecule has 2 aliphatic rings. The second-order valence-electron chi connectivity index (χ2n) is 7.88. The Morgan fingerprint density at radius 2 is 1.85 bits per heavy atom. The number of carbonyl (C=O) groups excluding carboxylic acids is 1. The van der Waals surface area contributed by atoms with Crippen molar-refractivity contribution < 1.29 is 4.79 Å². The molecule has 0 bridgehead atoms. The molecule has 0 radical (unpaired) electrons. The third-order valence-corrected chi connectivity index (χ3v) is 5.81. The zero-order chi connectivity index (χ0) is 18.9. The van der Waals surface area contributed by atoms with Gasteiger partial charge < -0.3 is 15.5 Å². The molecule has 0 spiro atoms. The molecule has 1 aromatic carbocycles. The highest BCUT2D eigenvalue weighted by Gasteiger charge is 2.19. The molecule has 0 atom stereocenters. The first-order valence-electron chi connectivity index (χ1n) is 10.5. The molecule has 1 aromatic rings. The fraction of sp³-hybridized carbons (Fsp3) is 0.636. The predicted octanol–water partition coefficient (Wildman–Crippen LogP) is 3.44. The van der Waals surface area contributed by atoms with Gasteiger partial charge in [0.2, 0.25) is 5.91 Å². The van der Waals surface area contributed by atoms with Crippen molar-refractivity contribution in [2.24, 2.45) is 10.9 Å². The molecule has 1 saturated carbocycles. The number of guanidine groups is 1. The van der Waals surface area contributed by atoms with Crippen molar-refractivity contribution in [3.63, 3.8) is 0 Å². The number of nitrogens with zero attached hydrogens (tertiary/aromatic N) is 2. The molecule has 2 fully saturated rings. The van der Waals surface area contributed by atoms with Crippen LogP contribution in [0.1, 0.15) is 62.5 Å². The van der Waals surface area contributed by atoms with Crippen LogP contribution in [0.3, 0.4) is 0 Å². The van der Waals surface area contributed by atoms with Crippen molar-refractivity contribution in [1.82, 2.24) is 15.5 Å². The Labute approximate surface area is 163 Å². The van der Waals surface area contributed by atoms with E-state index in [9.17, 15) is 4.79 Å². The molecule has 1 saturated heterocycles. The van der Waals surface area contributed by atoms with E-state index in [0.29, 0.717) is 6.42 Å². The van der Waals surface area contributed by atoms with E-state index in [1.807, 2.05) is 11.9 Å². The van der Waals surface area contributed by atoms with Crippen molar-refractivity contribution in [2.45, 2.75) is 64.5 Å². The molecule has 1 aliphatic heterocycles. The Bertz CT molecular complexity index is 620. The van der Waals surface area contributed by atoms with Crippen LogP contribution in [0.15, 0.2) is 29.3 Å². The lowest BCUT2D eigenvalue weighted by Crippen LogP contribution is -2.37. The van der Waals surface area contributed by atoms with Crippen LogP contribution in [0.2, 0.25) is 0 Å². The van der Waals surface area contributed by atoms with E-state index in [1.165, 1.54) is 49.7 Å². The van der Waals surface area contributed by atoms with E-state index in [1.54, 1.807) is 0 Å². The van der Waals surface area contributed by atoms with Gasteiger partial charge >= 0.3 is 0 Å². The highest BCUT2D eigenvalue weighted by Crippen LogP contribution is 2.28. The molecule has 1 aliphatic carbocycles. The van der Waals surface area contributed by atoms with Gasteiger partial charge in [-0.2, -0.15) is 0 Å². The topological polar surface area (TPSA) is 56.7 Å². The largest absolute Gasteiger partial charge is 0.356 e. The van der Waals surface area contributed by atoms with Crippen LogP contribution in [0.4, 0.5) is 0 Å². The molecule has 148 valence electrons. The number of aliphatic imine (C=N–C) groups is 1. The second kappa shape index (κ2) is 10.3. The fourth-order valence-electron chi connectivity index (χ4n) is 4.16. The summed E-state index contributed by atoms with van der Waals surface area (Å²) in [4.78, 5) is 18.0. The molecular formula is C22H34N4O. The maximum Gasteiger partial charge on any atom is 0.222 e. The van der Waals surface area contributed by atoms with Crippen LogP contribution in [0, 0.1) is 5.92 Å².